The van der Waals surface area contributed by atoms with Gasteiger partial charge in [-0.2, -0.15) is 0 Å². The van der Waals surface area contributed by atoms with Crippen LogP contribution in [0.2, 0.25) is 0 Å². The van der Waals surface area contributed by atoms with Crippen molar-refractivity contribution < 1.29 is 19.1 Å². The largest absolute Gasteiger partial charge is 0.455 e. The molecular weight excluding hydrogens is 172 g/mol. The molecule has 0 N–H and O–H groups in total. The van der Waals surface area contributed by atoms with E-state index in [1.54, 1.807) is 13.8 Å². The van der Waals surface area contributed by atoms with Gasteiger partial charge < -0.3 is 9.47 Å². The van der Waals surface area contributed by atoms with Gasteiger partial charge in [-0.05, 0) is 19.9 Å². The number of hydrogen-bond donors (Lipinski definition) is 0. The molecule has 0 bridgehead atoms. The summed E-state index contributed by atoms with van der Waals surface area (Å²) in [5, 5.41) is 0. The summed E-state index contributed by atoms with van der Waals surface area (Å²) in [5.74, 6) is -0.785. The third-order valence-electron chi connectivity index (χ3n) is 1.11. The highest BCUT2D eigenvalue weighted by Crippen LogP contribution is 2.10. The van der Waals surface area contributed by atoms with Gasteiger partial charge in [0.25, 0.3) is 0 Å². The molecule has 4 heteroatoms. The van der Waals surface area contributed by atoms with E-state index in [1.165, 1.54) is 26.2 Å². The van der Waals surface area contributed by atoms with E-state index >= 15 is 0 Å². The summed E-state index contributed by atoms with van der Waals surface area (Å²) < 4.78 is 9.45. The second-order valence-corrected chi connectivity index (χ2v) is 3.11. The predicted octanol–water partition coefficient (Wildman–Crippen LogP) is 1.40. The average molecular weight is 186 g/mol. The molecule has 74 valence electrons. The lowest BCUT2D eigenvalue weighted by Crippen LogP contribution is -2.24. The van der Waals surface area contributed by atoms with Crippen LogP contribution in [0.25, 0.3) is 0 Å². The topological polar surface area (TPSA) is 52.6 Å². The van der Waals surface area contributed by atoms with Crippen LogP contribution < -0.4 is 0 Å². The zero-order valence-electron chi connectivity index (χ0n) is 8.29. The van der Waals surface area contributed by atoms with Crippen molar-refractivity contribution in [3.8, 4) is 0 Å². The quantitative estimate of drug-likeness (QED) is 0.494. The van der Waals surface area contributed by atoms with Crippen LogP contribution in [0.5, 0.6) is 0 Å². The fourth-order valence-corrected chi connectivity index (χ4v) is 0.698. The zero-order chi connectivity index (χ0) is 10.5. The first-order valence-corrected chi connectivity index (χ1v) is 3.88. The summed E-state index contributed by atoms with van der Waals surface area (Å²) in [5.41, 5.74) is -0.749. The molecule has 0 aromatic heterocycles. The number of carbonyl (C=O) groups excluding carboxylic acids is 2. The van der Waals surface area contributed by atoms with Crippen LogP contribution >= 0.6 is 0 Å². The van der Waals surface area contributed by atoms with Gasteiger partial charge in [-0.15, -0.1) is 0 Å². The fourth-order valence-electron chi connectivity index (χ4n) is 0.698. The first-order chi connectivity index (χ1) is 5.83. The van der Waals surface area contributed by atoms with Crippen LogP contribution in [-0.2, 0) is 19.1 Å². The van der Waals surface area contributed by atoms with Crippen molar-refractivity contribution in [1.29, 1.82) is 0 Å². The van der Waals surface area contributed by atoms with Crippen LogP contribution in [0.1, 0.15) is 27.7 Å². The molecule has 13 heavy (non-hydrogen) atoms. The number of esters is 2. The molecule has 0 heterocycles. The summed E-state index contributed by atoms with van der Waals surface area (Å²) in [6, 6.07) is 0. The molecule has 0 atom stereocenters. The van der Waals surface area contributed by atoms with Crippen molar-refractivity contribution >= 4 is 11.9 Å². The zero-order valence-corrected chi connectivity index (χ0v) is 8.29. The number of hydrogen-bond acceptors (Lipinski definition) is 4. The van der Waals surface area contributed by atoms with E-state index in [2.05, 4.69) is 4.74 Å². The Balaban J connectivity index is 4.07. The lowest BCUT2D eigenvalue weighted by molar-refractivity contribution is -0.149. The molecule has 0 unspecified atom stereocenters. The summed E-state index contributed by atoms with van der Waals surface area (Å²) >= 11 is 0. The van der Waals surface area contributed by atoms with Gasteiger partial charge in [-0.25, -0.2) is 0 Å². The van der Waals surface area contributed by atoms with E-state index in [0.717, 1.165) is 0 Å². The van der Waals surface area contributed by atoms with Gasteiger partial charge in [0.2, 0.25) is 0 Å². The molecule has 4 nitrogen and oxygen atoms in total. The Morgan fingerprint density at radius 2 is 1.69 bits per heavy atom. The first-order valence-electron chi connectivity index (χ1n) is 3.88. The Morgan fingerprint density at radius 1 is 1.15 bits per heavy atom. The van der Waals surface area contributed by atoms with Gasteiger partial charge in [0.05, 0.1) is 6.26 Å². The highest BCUT2D eigenvalue weighted by molar-refractivity contribution is 5.67. The van der Waals surface area contributed by atoms with E-state index < -0.39 is 11.6 Å². The summed E-state index contributed by atoms with van der Waals surface area (Å²) in [6.07, 6.45) is 2.71. The van der Waals surface area contributed by atoms with E-state index in [-0.39, 0.29) is 5.97 Å². The molecule has 0 aliphatic heterocycles. The van der Waals surface area contributed by atoms with E-state index in [1.807, 2.05) is 0 Å². The molecule has 0 aliphatic rings. The normalized spacial score (nSPS) is 11.4. The van der Waals surface area contributed by atoms with Gasteiger partial charge in [0.15, 0.2) is 0 Å². The van der Waals surface area contributed by atoms with E-state index in [0.29, 0.717) is 0 Å². The Bertz CT molecular complexity index is 228. The third kappa shape index (κ3) is 7.05. The molecule has 0 rings (SSSR count). The molecule has 0 aromatic rings. The van der Waals surface area contributed by atoms with Gasteiger partial charge in [0.1, 0.15) is 5.60 Å². The van der Waals surface area contributed by atoms with Crippen molar-refractivity contribution in [3.63, 3.8) is 0 Å². The maximum absolute atomic E-state index is 10.6. The van der Waals surface area contributed by atoms with Crippen molar-refractivity contribution in [2.24, 2.45) is 0 Å². The Kier molecular flexibility index (Phi) is 4.17. The van der Waals surface area contributed by atoms with Crippen LogP contribution in [0, 0.1) is 0 Å². The molecule has 0 radical (unpaired) electrons. The minimum absolute atomic E-state index is 0.377. The molecule has 0 aliphatic carbocycles. The van der Waals surface area contributed by atoms with Crippen molar-refractivity contribution in [1.82, 2.24) is 0 Å². The summed E-state index contributed by atoms with van der Waals surface area (Å²) in [4.78, 5) is 21.0. The van der Waals surface area contributed by atoms with Crippen molar-refractivity contribution in [2.75, 3.05) is 0 Å². The lowest BCUT2D eigenvalue weighted by Gasteiger charge is -2.19. The Morgan fingerprint density at radius 3 is 2.08 bits per heavy atom. The van der Waals surface area contributed by atoms with Gasteiger partial charge in [-0.1, -0.05) is 0 Å². The highest BCUT2D eigenvalue weighted by atomic mass is 16.6. The Hall–Kier alpha value is -1.32. The first kappa shape index (κ1) is 11.7. The van der Waals surface area contributed by atoms with Crippen LogP contribution in [0.4, 0.5) is 0 Å². The smallest absolute Gasteiger partial charge is 0.307 e. The van der Waals surface area contributed by atoms with Crippen molar-refractivity contribution in [2.45, 2.75) is 33.3 Å². The molecule has 0 aromatic carbocycles. The van der Waals surface area contributed by atoms with Crippen LogP contribution in [-0.4, -0.2) is 17.5 Å². The molecule has 0 fully saturated rings. The third-order valence-corrected chi connectivity index (χ3v) is 1.11. The van der Waals surface area contributed by atoms with Crippen molar-refractivity contribution in [3.05, 3.63) is 12.3 Å². The predicted molar refractivity (Wildman–Crippen MR) is 46.8 cm³/mol. The minimum atomic E-state index is -0.749. The Labute approximate surface area is 77.5 Å². The molecular formula is C9H14O4. The van der Waals surface area contributed by atoms with Gasteiger partial charge in [0, 0.05) is 13.8 Å². The monoisotopic (exact) mass is 186 g/mol. The van der Waals surface area contributed by atoms with Crippen LogP contribution in [0.3, 0.4) is 0 Å². The summed E-state index contributed by atoms with van der Waals surface area (Å²) in [7, 11) is 0. The highest BCUT2D eigenvalue weighted by Gasteiger charge is 2.16. The van der Waals surface area contributed by atoms with Gasteiger partial charge >= 0.3 is 11.9 Å². The molecule has 0 amide bonds. The average Bonchev–Trinajstić information content (AvgIpc) is 1.81. The maximum atomic E-state index is 10.6. The second kappa shape index (κ2) is 4.64. The molecule has 0 spiro atoms. The van der Waals surface area contributed by atoms with Gasteiger partial charge in [-0.3, -0.25) is 9.59 Å². The van der Waals surface area contributed by atoms with Crippen LogP contribution in [0.15, 0.2) is 12.3 Å². The fraction of sp³-hybridized carbons (Fsp3) is 0.556. The number of carbonyl (C=O) groups is 2. The molecule has 0 saturated heterocycles. The maximum Gasteiger partial charge on any atom is 0.307 e. The second-order valence-electron chi connectivity index (χ2n) is 3.11. The van der Waals surface area contributed by atoms with E-state index in [4.69, 9.17) is 4.74 Å². The number of ether oxygens (including phenoxy) is 2. The summed E-state index contributed by atoms with van der Waals surface area (Å²) in [6.45, 7) is 5.99. The number of rotatable bonds is 3. The minimum Gasteiger partial charge on any atom is -0.455 e. The lowest BCUT2D eigenvalue weighted by atomic mass is 10.1. The van der Waals surface area contributed by atoms with E-state index in [9.17, 15) is 9.59 Å². The molecule has 0 saturated carbocycles. The standard InChI is InChI=1S/C9H14O4/c1-7(10)12-6-5-9(3,4)13-8(2)11/h5-6H,1-4H3/b6-5+. The SMILES string of the molecule is CC(=O)O/C=C/C(C)(C)OC(C)=O.